The second-order valence-corrected chi connectivity index (χ2v) is 7.59. The summed E-state index contributed by atoms with van der Waals surface area (Å²) in [7, 11) is 1.66. The highest BCUT2D eigenvalue weighted by Crippen LogP contribution is 2.44. The summed E-state index contributed by atoms with van der Waals surface area (Å²) in [4.78, 5) is 13.0. The Kier molecular flexibility index (Phi) is 4.70. The predicted molar refractivity (Wildman–Crippen MR) is 101 cm³/mol. The smallest absolute Gasteiger partial charge is 0.269 e. The molecule has 2 aliphatic carbocycles. The van der Waals surface area contributed by atoms with E-state index < -0.39 is 0 Å². The summed E-state index contributed by atoms with van der Waals surface area (Å²) < 4.78 is 7.30. The van der Waals surface area contributed by atoms with E-state index in [2.05, 4.69) is 12.2 Å². The molecule has 5 nitrogen and oxygen atoms in total. The van der Waals surface area contributed by atoms with Crippen LogP contribution in [0.1, 0.15) is 49.5 Å². The fourth-order valence-electron chi connectivity index (χ4n) is 4.63. The molecule has 1 N–H and O–H groups in total. The van der Waals surface area contributed by atoms with Crippen molar-refractivity contribution in [1.29, 1.82) is 0 Å². The van der Waals surface area contributed by atoms with Crippen molar-refractivity contribution in [2.75, 3.05) is 7.11 Å². The van der Waals surface area contributed by atoms with E-state index in [-0.39, 0.29) is 5.91 Å². The molecule has 0 radical (unpaired) electrons. The zero-order valence-electron chi connectivity index (χ0n) is 15.6. The highest BCUT2D eigenvalue weighted by molar-refractivity contribution is 5.94. The van der Waals surface area contributed by atoms with Crippen molar-refractivity contribution in [2.45, 2.75) is 51.6 Å². The number of hydrogen-bond donors (Lipinski definition) is 1. The lowest BCUT2D eigenvalue weighted by Crippen LogP contribution is -2.39. The average molecular weight is 353 g/mol. The van der Waals surface area contributed by atoms with Crippen LogP contribution < -0.4 is 10.1 Å². The molecule has 0 aliphatic heterocycles. The van der Waals surface area contributed by atoms with Crippen molar-refractivity contribution in [3.05, 3.63) is 36.0 Å². The number of amides is 1. The van der Waals surface area contributed by atoms with Gasteiger partial charge < -0.3 is 10.1 Å². The minimum absolute atomic E-state index is 0.00430. The molecule has 0 saturated heterocycles. The Hall–Kier alpha value is -2.30. The van der Waals surface area contributed by atoms with Crippen LogP contribution in [0.5, 0.6) is 5.75 Å². The largest absolute Gasteiger partial charge is 0.496 e. The van der Waals surface area contributed by atoms with Crippen molar-refractivity contribution in [3.8, 4) is 17.0 Å². The van der Waals surface area contributed by atoms with Gasteiger partial charge in [0.1, 0.15) is 11.4 Å². The molecule has 1 aromatic carbocycles. The monoisotopic (exact) mass is 353 g/mol. The quantitative estimate of drug-likeness (QED) is 0.857. The fraction of sp³-hybridized carbons (Fsp3) is 0.524. The summed E-state index contributed by atoms with van der Waals surface area (Å²) in [6, 6.07) is 10.0. The van der Waals surface area contributed by atoms with Crippen molar-refractivity contribution < 1.29 is 9.53 Å². The number of fused-ring (bicyclic) bond motifs is 2. The van der Waals surface area contributed by atoms with Gasteiger partial charge in [0.15, 0.2) is 0 Å². The van der Waals surface area contributed by atoms with E-state index in [9.17, 15) is 4.79 Å². The molecule has 4 rings (SSSR count). The Labute approximate surface area is 154 Å². The number of nitrogens with one attached hydrogen (secondary N) is 1. The van der Waals surface area contributed by atoms with E-state index in [1.807, 2.05) is 35.0 Å². The van der Waals surface area contributed by atoms with Gasteiger partial charge in [-0.1, -0.05) is 25.5 Å². The Morgan fingerprint density at radius 2 is 2.15 bits per heavy atom. The number of carbonyl (C=O) groups excluding carboxylic acids is 1. The van der Waals surface area contributed by atoms with Gasteiger partial charge in [0.05, 0.1) is 12.8 Å². The molecule has 3 atom stereocenters. The van der Waals surface area contributed by atoms with Crippen molar-refractivity contribution >= 4 is 5.91 Å². The third-order valence-electron chi connectivity index (χ3n) is 5.89. The van der Waals surface area contributed by atoms with Crippen molar-refractivity contribution in [1.82, 2.24) is 15.1 Å². The second kappa shape index (κ2) is 7.14. The molecular formula is C21H27N3O2. The molecule has 5 heteroatoms. The van der Waals surface area contributed by atoms with Gasteiger partial charge >= 0.3 is 0 Å². The number of para-hydroxylation sites is 1. The first-order chi connectivity index (χ1) is 12.7. The molecular weight excluding hydrogens is 326 g/mol. The Balaban J connectivity index is 1.60. The van der Waals surface area contributed by atoms with E-state index in [0.29, 0.717) is 17.7 Å². The van der Waals surface area contributed by atoms with E-state index in [4.69, 9.17) is 9.84 Å². The van der Waals surface area contributed by atoms with Gasteiger partial charge in [-0.15, -0.1) is 0 Å². The average Bonchev–Trinajstić information content (AvgIpc) is 3.37. The zero-order valence-corrected chi connectivity index (χ0v) is 15.6. The standard InChI is InChI=1S/C21H27N3O2/c1-3-10-24-19(21(25)22-17-12-14-8-9-15(17)11-14)13-18(23-24)16-6-4-5-7-20(16)26-2/h4-7,13-15,17H,3,8-12H2,1-2H3,(H,22,25). The third kappa shape index (κ3) is 3.11. The van der Waals surface area contributed by atoms with Crippen molar-refractivity contribution in [2.24, 2.45) is 11.8 Å². The molecule has 2 saturated carbocycles. The molecule has 3 unspecified atom stereocenters. The predicted octanol–water partition coefficient (Wildman–Crippen LogP) is 3.89. The first kappa shape index (κ1) is 17.1. The summed E-state index contributed by atoms with van der Waals surface area (Å²) in [5.74, 6) is 2.26. The van der Waals surface area contributed by atoms with Gasteiger partial charge in [-0.3, -0.25) is 9.48 Å². The molecule has 2 fully saturated rings. The highest BCUT2D eigenvalue weighted by atomic mass is 16.5. The van der Waals surface area contributed by atoms with Crippen LogP contribution in [-0.2, 0) is 6.54 Å². The van der Waals surface area contributed by atoms with Crippen LogP contribution in [0.15, 0.2) is 30.3 Å². The van der Waals surface area contributed by atoms with E-state index in [0.717, 1.165) is 42.3 Å². The SMILES string of the molecule is CCCn1nc(-c2ccccc2OC)cc1C(=O)NC1CC2CCC1C2. The number of aryl methyl sites for hydroxylation is 1. The molecule has 1 amide bonds. The number of methoxy groups -OCH3 is 1. The summed E-state index contributed by atoms with van der Waals surface area (Å²) in [6.07, 6.45) is 5.95. The topological polar surface area (TPSA) is 56.2 Å². The van der Waals surface area contributed by atoms with Crippen LogP contribution in [0.2, 0.25) is 0 Å². The minimum atomic E-state index is 0.00430. The molecule has 26 heavy (non-hydrogen) atoms. The fourth-order valence-corrected chi connectivity index (χ4v) is 4.63. The molecule has 1 heterocycles. The second-order valence-electron chi connectivity index (χ2n) is 7.59. The maximum absolute atomic E-state index is 13.0. The van der Waals surface area contributed by atoms with Gasteiger partial charge in [-0.25, -0.2) is 0 Å². The van der Waals surface area contributed by atoms with Crippen LogP contribution in [0, 0.1) is 11.8 Å². The van der Waals surface area contributed by atoms with E-state index >= 15 is 0 Å². The van der Waals surface area contributed by atoms with Gasteiger partial charge in [-0.05, 0) is 55.7 Å². The van der Waals surface area contributed by atoms with Crippen LogP contribution in [-0.4, -0.2) is 28.8 Å². The first-order valence-corrected chi connectivity index (χ1v) is 9.71. The maximum Gasteiger partial charge on any atom is 0.269 e. The van der Waals surface area contributed by atoms with Gasteiger partial charge in [0.2, 0.25) is 0 Å². The van der Waals surface area contributed by atoms with Crippen LogP contribution in [0.25, 0.3) is 11.3 Å². The maximum atomic E-state index is 13.0. The van der Waals surface area contributed by atoms with Crippen LogP contribution in [0.4, 0.5) is 0 Å². The molecule has 2 aliphatic rings. The Morgan fingerprint density at radius 3 is 2.85 bits per heavy atom. The number of benzene rings is 1. The summed E-state index contributed by atoms with van der Waals surface area (Å²) in [5.41, 5.74) is 2.35. The van der Waals surface area contributed by atoms with Gasteiger partial charge in [0.25, 0.3) is 5.91 Å². The lowest BCUT2D eigenvalue weighted by Gasteiger charge is -2.22. The number of nitrogens with zero attached hydrogens (tertiary/aromatic N) is 2. The van der Waals surface area contributed by atoms with E-state index in [1.54, 1.807) is 7.11 Å². The van der Waals surface area contributed by atoms with Crippen LogP contribution in [0.3, 0.4) is 0 Å². The van der Waals surface area contributed by atoms with Gasteiger partial charge in [-0.2, -0.15) is 5.10 Å². The number of aromatic nitrogens is 2. The highest BCUT2D eigenvalue weighted by Gasteiger charge is 2.40. The third-order valence-corrected chi connectivity index (χ3v) is 5.89. The normalized spacial score (nSPS) is 24.0. The van der Waals surface area contributed by atoms with E-state index in [1.165, 1.54) is 19.3 Å². The lowest BCUT2D eigenvalue weighted by molar-refractivity contribution is 0.0911. The number of rotatable bonds is 6. The Bertz CT molecular complexity index is 798. The molecule has 2 bridgehead atoms. The van der Waals surface area contributed by atoms with Crippen LogP contribution >= 0.6 is 0 Å². The Morgan fingerprint density at radius 1 is 1.31 bits per heavy atom. The lowest BCUT2D eigenvalue weighted by atomic mass is 9.95. The first-order valence-electron chi connectivity index (χ1n) is 9.71. The van der Waals surface area contributed by atoms with Gasteiger partial charge in [0, 0.05) is 18.2 Å². The molecule has 2 aromatic rings. The number of carbonyl (C=O) groups is 1. The molecule has 1 aromatic heterocycles. The number of ether oxygens (including phenoxy) is 1. The summed E-state index contributed by atoms with van der Waals surface area (Å²) in [6.45, 7) is 2.83. The number of hydrogen-bond acceptors (Lipinski definition) is 3. The summed E-state index contributed by atoms with van der Waals surface area (Å²) in [5, 5.41) is 7.99. The zero-order chi connectivity index (χ0) is 18.1. The van der Waals surface area contributed by atoms with Crippen molar-refractivity contribution in [3.63, 3.8) is 0 Å². The minimum Gasteiger partial charge on any atom is -0.496 e. The summed E-state index contributed by atoms with van der Waals surface area (Å²) >= 11 is 0. The molecule has 138 valence electrons. The molecule has 0 spiro atoms.